The van der Waals surface area contributed by atoms with E-state index >= 15 is 0 Å². The fourth-order valence-electron chi connectivity index (χ4n) is 4.79. The van der Waals surface area contributed by atoms with Crippen molar-refractivity contribution in [2.24, 2.45) is 17.3 Å². The van der Waals surface area contributed by atoms with Gasteiger partial charge >= 0.3 is 0 Å². The van der Waals surface area contributed by atoms with Crippen LogP contribution in [-0.4, -0.2) is 45.3 Å². The zero-order chi connectivity index (χ0) is 18.0. The molecule has 0 amide bonds. The molecule has 0 heterocycles. The third-order valence-electron chi connectivity index (χ3n) is 6.33. The van der Waals surface area contributed by atoms with Crippen molar-refractivity contribution in [1.82, 2.24) is 0 Å². The van der Waals surface area contributed by atoms with Crippen LogP contribution in [0.4, 0.5) is 0 Å². The zero-order valence-corrected chi connectivity index (χ0v) is 15.3. The molecule has 0 aromatic carbocycles. The van der Waals surface area contributed by atoms with Crippen LogP contribution >= 0.6 is 0 Å². The van der Waals surface area contributed by atoms with E-state index in [1.165, 1.54) is 5.57 Å². The molecule has 2 saturated carbocycles. The highest BCUT2D eigenvalue weighted by molar-refractivity contribution is 5.17. The molecule has 0 aromatic heterocycles. The highest BCUT2D eigenvalue weighted by Crippen LogP contribution is 2.54. The lowest BCUT2D eigenvalue weighted by Gasteiger charge is -2.48. The molecule has 4 heteroatoms. The maximum atomic E-state index is 11.3. The highest BCUT2D eigenvalue weighted by atomic mass is 16.3. The smallest absolute Gasteiger partial charge is 0.0710 e. The SMILES string of the molecule is CC(C)=CCC=C(CO)C1CCC2(C)CC(O)(CCC2O)C1CO. The summed E-state index contributed by atoms with van der Waals surface area (Å²) in [7, 11) is 0. The lowest BCUT2D eigenvalue weighted by Crippen LogP contribution is -2.52. The van der Waals surface area contributed by atoms with Gasteiger partial charge in [-0.1, -0.05) is 24.6 Å². The first-order chi connectivity index (χ1) is 11.3. The third-order valence-corrected chi connectivity index (χ3v) is 6.33. The summed E-state index contributed by atoms with van der Waals surface area (Å²) in [6.45, 7) is 6.00. The fourth-order valence-corrected chi connectivity index (χ4v) is 4.79. The van der Waals surface area contributed by atoms with Crippen molar-refractivity contribution in [3.63, 3.8) is 0 Å². The number of aliphatic hydroxyl groups is 4. The van der Waals surface area contributed by atoms with Gasteiger partial charge in [-0.05, 0) is 69.3 Å². The summed E-state index contributed by atoms with van der Waals surface area (Å²) in [5.74, 6) is -0.320. The average molecular weight is 338 g/mol. The van der Waals surface area contributed by atoms with Gasteiger partial charge in [0.2, 0.25) is 0 Å². The lowest BCUT2D eigenvalue weighted by atomic mass is 9.63. The predicted octanol–water partition coefficient (Wildman–Crippen LogP) is 2.56. The first-order valence-corrected chi connectivity index (χ1v) is 9.20. The normalized spacial score (nSPS) is 40.1. The van der Waals surface area contributed by atoms with Crippen LogP contribution in [0.25, 0.3) is 0 Å². The number of allylic oxidation sites excluding steroid dienone is 3. The Morgan fingerprint density at radius 3 is 2.42 bits per heavy atom. The van der Waals surface area contributed by atoms with E-state index < -0.39 is 11.7 Å². The molecule has 4 nitrogen and oxygen atoms in total. The van der Waals surface area contributed by atoms with Gasteiger partial charge in [-0.2, -0.15) is 0 Å². The fraction of sp³-hybridized carbons (Fsp3) is 0.800. The van der Waals surface area contributed by atoms with Gasteiger partial charge in [0, 0.05) is 12.5 Å². The monoisotopic (exact) mass is 338 g/mol. The molecular weight excluding hydrogens is 304 g/mol. The third kappa shape index (κ3) is 3.93. The van der Waals surface area contributed by atoms with Gasteiger partial charge < -0.3 is 20.4 Å². The summed E-state index contributed by atoms with van der Waals surface area (Å²) in [6, 6.07) is 0. The van der Waals surface area contributed by atoms with Gasteiger partial charge in [0.25, 0.3) is 0 Å². The van der Waals surface area contributed by atoms with Crippen molar-refractivity contribution in [3.8, 4) is 0 Å². The highest BCUT2D eigenvalue weighted by Gasteiger charge is 2.54. The summed E-state index contributed by atoms with van der Waals surface area (Å²) in [4.78, 5) is 0. The summed E-state index contributed by atoms with van der Waals surface area (Å²) < 4.78 is 0. The van der Waals surface area contributed by atoms with Crippen LogP contribution < -0.4 is 0 Å². The van der Waals surface area contributed by atoms with Crippen LogP contribution in [0.1, 0.15) is 59.3 Å². The quantitative estimate of drug-likeness (QED) is 0.581. The van der Waals surface area contributed by atoms with Crippen LogP contribution in [0, 0.1) is 17.3 Å². The molecule has 0 saturated heterocycles. The minimum Gasteiger partial charge on any atom is -0.396 e. The molecule has 0 radical (unpaired) electrons. The summed E-state index contributed by atoms with van der Waals surface area (Å²) in [5, 5.41) is 41.6. The maximum Gasteiger partial charge on any atom is 0.0710 e. The summed E-state index contributed by atoms with van der Waals surface area (Å²) in [5.41, 5.74) is 0.864. The molecule has 0 aliphatic heterocycles. The molecule has 4 N–H and O–H groups in total. The number of fused-ring (bicyclic) bond motifs is 2. The maximum absolute atomic E-state index is 11.3. The standard InChI is InChI=1S/C20H34O4/c1-14(2)5-4-6-15(11-21)16-7-9-19(3)13-20(24,17(16)12-22)10-8-18(19)23/h5-6,16-18,21-24H,4,7-13H2,1-3H3. The molecule has 2 rings (SSSR count). The van der Waals surface area contributed by atoms with Gasteiger partial charge in [-0.3, -0.25) is 0 Å². The molecule has 2 aliphatic rings. The molecular formula is C20H34O4. The van der Waals surface area contributed by atoms with Gasteiger partial charge in [0.05, 0.1) is 18.3 Å². The molecule has 0 spiro atoms. The molecule has 2 bridgehead atoms. The molecule has 2 fully saturated rings. The largest absolute Gasteiger partial charge is 0.396 e. The number of aliphatic hydroxyl groups excluding tert-OH is 3. The first kappa shape index (κ1) is 19.6. The van der Waals surface area contributed by atoms with E-state index in [1.807, 2.05) is 26.8 Å². The van der Waals surface area contributed by atoms with Gasteiger partial charge in [-0.25, -0.2) is 0 Å². The van der Waals surface area contributed by atoms with Crippen molar-refractivity contribution in [2.45, 2.75) is 71.0 Å². The Hall–Kier alpha value is -0.680. The first-order valence-electron chi connectivity index (χ1n) is 9.20. The molecule has 0 aromatic rings. The van der Waals surface area contributed by atoms with E-state index in [2.05, 4.69) is 6.08 Å². The molecule has 5 unspecified atom stereocenters. The Bertz CT molecular complexity index is 494. The van der Waals surface area contributed by atoms with E-state index in [4.69, 9.17) is 0 Å². The topological polar surface area (TPSA) is 80.9 Å². The summed E-state index contributed by atoms with van der Waals surface area (Å²) in [6.07, 6.45) is 7.70. The molecule has 138 valence electrons. The van der Waals surface area contributed by atoms with Crippen LogP contribution in [-0.2, 0) is 0 Å². The Morgan fingerprint density at radius 2 is 1.83 bits per heavy atom. The van der Waals surface area contributed by atoms with E-state index in [0.29, 0.717) is 19.3 Å². The van der Waals surface area contributed by atoms with Gasteiger partial charge in [-0.15, -0.1) is 0 Å². The number of hydrogen-bond donors (Lipinski definition) is 4. The van der Waals surface area contributed by atoms with Crippen LogP contribution in [0.2, 0.25) is 0 Å². The Balaban J connectivity index is 2.33. The van der Waals surface area contributed by atoms with Crippen molar-refractivity contribution in [2.75, 3.05) is 13.2 Å². The van der Waals surface area contributed by atoms with E-state index in [0.717, 1.165) is 24.8 Å². The molecule has 24 heavy (non-hydrogen) atoms. The van der Waals surface area contributed by atoms with Gasteiger partial charge in [0.15, 0.2) is 0 Å². The average Bonchev–Trinajstić information content (AvgIpc) is 2.61. The van der Waals surface area contributed by atoms with Crippen molar-refractivity contribution < 1.29 is 20.4 Å². The Morgan fingerprint density at radius 1 is 1.12 bits per heavy atom. The lowest BCUT2D eigenvalue weighted by molar-refractivity contribution is -0.135. The number of rotatable bonds is 5. The molecule has 2 aliphatic carbocycles. The second kappa shape index (κ2) is 7.69. The minimum atomic E-state index is -0.964. The minimum absolute atomic E-state index is 0.0392. The Kier molecular flexibility index (Phi) is 6.29. The van der Waals surface area contributed by atoms with Crippen molar-refractivity contribution in [1.29, 1.82) is 0 Å². The van der Waals surface area contributed by atoms with E-state index in [9.17, 15) is 20.4 Å². The van der Waals surface area contributed by atoms with E-state index in [-0.39, 0.29) is 30.5 Å². The molecule has 5 atom stereocenters. The van der Waals surface area contributed by atoms with Crippen molar-refractivity contribution in [3.05, 3.63) is 23.3 Å². The van der Waals surface area contributed by atoms with E-state index in [1.54, 1.807) is 0 Å². The second-order valence-electron chi connectivity index (χ2n) is 8.38. The van der Waals surface area contributed by atoms with Crippen LogP contribution in [0.15, 0.2) is 23.3 Å². The van der Waals surface area contributed by atoms with Gasteiger partial charge in [0.1, 0.15) is 0 Å². The zero-order valence-electron chi connectivity index (χ0n) is 15.3. The Labute approximate surface area is 145 Å². The second-order valence-corrected chi connectivity index (χ2v) is 8.38. The predicted molar refractivity (Wildman–Crippen MR) is 95.4 cm³/mol. The number of hydrogen-bond acceptors (Lipinski definition) is 4. The van der Waals surface area contributed by atoms with Crippen molar-refractivity contribution >= 4 is 0 Å². The van der Waals surface area contributed by atoms with Crippen LogP contribution in [0.3, 0.4) is 0 Å². The van der Waals surface area contributed by atoms with Crippen LogP contribution in [0.5, 0.6) is 0 Å². The summed E-state index contributed by atoms with van der Waals surface area (Å²) >= 11 is 0.